The van der Waals surface area contributed by atoms with E-state index in [-0.39, 0.29) is 0 Å². The average Bonchev–Trinajstić information content (AvgIpc) is 2.50. The smallest absolute Gasteiger partial charge is 0.323 e. The van der Waals surface area contributed by atoms with Gasteiger partial charge in [0.15, 0.2) is 0 Å². The standard InChI is InChI=1S/C10H19NO3/c1-10(9(12)13)6-8(7-11-10)4-3-5-14-2/h8,11H,3-7H2,1-2H3,(H,12,13). The summed E-state index contributed by atoms with van der Waals surface area (Å²) in [6.07, 6.45) is 2.79. The molecule has 2 N–H and O–H groups in total. The Balaban J connectivity index is 2.30. The molecule has 1 rings (SSSR count). The third kappa shape index (κ3) is 2.69. The molecule has 0 aromatic heterocycles. The maximum absolute atomic E-state index is 10.9. The lowest BCUT2D eigenvalue weighted by Crippen LogP contribution is -2.44. The predicted molar refractivity (Wildman–Crippen MR) is 53.3 cm³/mol. The van der Waals surface area contributed by atoms with Gasteiger partial charge in [-0.25, -0.2) is 0 Å². The Bertz CT molecular complexity index is 208. The maximum Gasteiger partial charge on any atom is 0.323 e. The van der Waals surface area contributed by atoms with Gasteiger partial charge in [0.05, 0.1) is 0 Å². The summed E-state index contributed by atoms with van der Waals surface area (Å²) in [5.74, 6) is -0.266. The highest BCUT2D eigenvalue weighted by atomic mass is 16.5. The number of ether oxygens (including phenoxy) is 1. The van der Waals surface area contributed by atoms with Crippen molar-refractivity contribution in [2.45, 2.75) is 31.7 Å². The Labute approximate surface area is 84.6 Å². The molecule has 1 aliphatic rings. The molecule has 1 heterocycles. The summed E-state index contributed by atoms with van der Waals surface area (Å²) in [6.45, 7) is 3.33. The molecule has 0 saturated carbocycles. The number of rotatable bonds is 5. The van der Waals surface area contributed by atoms with Crippen molar-refractivity contribution in [1.82, 2.24) is 5.32 Å². The van der Waals surface area contributed by atoms with E-state index < -0.39 is 11.5 Å². The Morgan fingerprint density at radius 2 is 2.43 bits per heavy atom. The summed E-state index contributed by atoms with van der Waals surface area (Å²) in [7, 11) is 1.69. The van der Waals surface area contributed by atoms with Crippen molar-refractivity contribution < 1.29 is 14.6 Å². The quantitative estimate of drug-likeness (QED) is 0.648. The van der Waals surface area contributed by atoms with Crippen LogP contribution in [0.5, 0.6) is 0 Å². The lowest BCUT2D eigenvalue weighted by molar-refractivity contribution is -0.143. The zero-order chi connectivity index (χ0) is 10.6. The van der Waals surface area contributed by atoms with Crippen LogP contribution < -0.4 is 5.32 Å². The molecule has 1 saturated heterocycles. The van der Waals surface area contributed by atoms with E-state index in [9.17, 15) is 4.79 Å². The lowest BCUT2D eigenvalue weighted by Gasteiger charge is -2.18. The van der Waals surface area contributed by atoms with Gasteiger partial charge in [-0.05, 0) is 38.6 Å². The summed E-state index contributed by atoms with van der Waals surface area (Å²) in [4.78, 5) is 10.9. The van der Waals surface area contributed by atoms with Gasteiger partial charge in [0.2, 0.25) is 0 Å². The lowest BCUT2D eigenvalue weighted by atomic mass is 9.92. The fourth-order valence-electron chi connectivity index (χ4n) is 1.97. The zero-order valence-corrected chi connectivity index (χ0v) is 8.88. The normalized spacial score (nSPS) is 32.0. The SMILES string of the molecule is COCCCC1CNC(C)(C(=O)O)C1. The number of carbonyl (C=O) groups is 1. The highest BCUT2D eigenvalue weighted by Gasteiger charge is 2.40. The summed E-state index contributed by atoms with van der Waals surface area (Å²) in [5, 5.41) is 12.0. The van der Waals surface area contributed by atoms with Gasteiger partial charge in [-0.2, -0.15) is 0 Å². The van der Waals surface area contributed by atoms with Gasteiger partial charge < -0.3 is 15.2 Å². The van der Waals surface area contributed by atoms with Crippen LogP contribution in [0.2, 0.25) is 0 Å². The minimum atomic E-state index is -0.744. The number of aliphatic carboxylic acids is 1. The average molecular weight is 201 g/mol. The molecule has 1 fully saturated rings. The molecular weight excluding hydrogens is 182 g/mol. The third-order valence-corrected chi connectivity index (χ3v) is 2.91. The zero-order valence-electron chi connectivity index (χ0n) is 8.88. The molecule has 0 radical (unpaired) electrons. The van der Waals surface area contributed by atoms with Gasteiger partial charge in [-0.3, -0.25) is 4.79 Å². The van der Waals surface area contributed by atoms with Crippen LogP contribution in [0.25, 0.3) is 0 Å². The van der Waals surface area contributed by atoms with Crippen LogP contribution in [-0.4, -0.2) is 36.9 Å². The number of carboxylic acids is 1. The number of hydrogen-bond donors (Lipinski definition) is 2. The first-order chi connectivity index (χ1) is 6.58. The minimum Gasteiger partial charge on any atom is -0.480 e. The van der Waals surface area contributed by atoms with Gasteiger partial charge in [0, 0.05) is 13.7 Å². The van der Waals surface area contributed by atoms with Crippen molar-refractivity contribution in [1.29, 1.82) is 0 Å². The Kier molecular flexibility index (Phi) is 3.89. The fraction of sp³-hybridized carbons (Fsp3) is 0.900. The minimum absolute atomic E-state index is 0.478. The van der Waals surface area contributed by atoms with E-state index in [1.165, 1.54) is 0 Å². The van der Waals surface area contributed by atoms with Crippen molar-refractivity contribution in [3.63, 3.8) is 0 Å². The highest BCUT2D eigenvalue weighted by Crippen LogP contribution is 2.27. The molecule has 1 aliphatic heterocycles. The van der Waals surface area contributed by atoms with E-state index in [0.717, 1.165) is 32.4 Å². The molecule has 0 aliphatic carbocycles. The van der Waals surface area contributed by atoms with E-state index in [1.807, 2.05) is 0 Å². The summed E-state index contributed by atoms with van der Waals surface area (Å²) < 4.78 is 4.96. The van der Waals surface area contributed by atoms with Crippen LogP contribution in [0.3, 0.4) is 0 Å². The molecule has 0 amide bonds. The first-order valence-electron chi connectivity index (χ1n) is 5.06. The van der Waals surface area contributed by atoms with Crippen molar-refractivity contribution in [3.05, 3.63) is 0 Å². The third-order valence-electron chi connectivity index (χ3n) is 2.91. The molecule has 0 aromatic carbocycles. The summed E-state index contributed by atoms with van der Waals surface area (Å²) in [5.41, 5.74) is -0.711. The maximum atomic E-state index is 10.9. The molecule has 0 spiro atoms. The molecule has 0 bridgehead atoms. The molecule has 2 atom stereocenters. The second-order valence-corrected chi connectivity index (χ2v) is 4.22. The summed E-state index contributed by atoms with van der Waals surface area (Å²) in [6, 6.07) is 0. The second kappa shape index (κ2) is 4.75. The number of methoxy groups -OCH3 is 1. The molecule has 82 valence electrons. The van der Waals surface area contributed by atoms with Crippen LogP contribution >= 0.6 is 0 Å². The number of nitrogens with one attached hydrogen (secondary N) is 1. The first kappa shape index (κ1) is 11.5. The van der Waals surface area contributed by atoms with Gasteiger partial charge in [0.1, 0.15) is 5.54 Å². The van der Waals surface area contributed by atoms with Crippen molar-refractivity contribution >= 4 is 5.97 Å². The van der Waals surface area contributed by atoms with Gasteiger partial charge in [0.25, 0.3) is 0 Å². The van der Waals surface area contributed by atoms with Crippen LogP contribution in [0.15, 0.2) is 0 Å². The van der Waals surface area contributed by atoms with Crippen molar-refractivity contribution in [2.75, 3.05) is 20.3 Å². The first-order valence-corrected chi connectivity index (χ1v) is 5.06. The molecule has 0 aromatic rings. The van der Waals surface area contributed by atoms with Crippen molar-refractivity contribution in [3.8, 4) is 0 Å². The molecule has 4 heteroatoms. The predicted octanol–water partition coefficient (Wildman–Crippen LogP) is 0.866. The Morgan fingerprint density at radius 1 is 1.71 bits per heavy atom. The van der Waals surface area contributed by atoms with Gasteiger partial charge >= 0.3 is 5.97 Å². The monoisotopic (exact) mass is 201 g/mol. The van der Waals surface area contributed by atoms with Crippen LogP contribution in [-0.2, 0) is 9.53 Å². The fourth-order valence-corrected chi connectivity index (χ4v) is 1.97. The van der Waals surface area contributed by atoms with E-state index in [2.05, 4.69) is 5.32 Å². The Hall–Kier alpha value is -0.610. The molecular formula is C10H19NO3. The summed E-state index contributed by atoms with van der Waals surface area (Å²) >= 11 is 0. The molecule has 14 heavy (non-hydrogen) atoms. The van der Waals surface area contributed by atoms with E-state index in [0.29, 0.717) is 5.92 Å². The number of carboxylic acid groups (broad SMARTS) is 1. The van der Waals surface area contributed by atoms with Gasteiger partial charge in [-0.1, -0.05) is 0 Å². The van der Waals surface area contributed by atoms with Gasteiger partial charge in [-0.15, -0.1) is 0 Å². The molecule has 4 nitrogen and oxygen atoms in total. The van der Waals surface area contributed by atoms with E-state index >= 15 is 0 Å². The van der Waals surface area contributed by atoms with E-state index in [1.54, 1.807) is 14.0 Å². The highest BCUT2D eigenvalue weighted by molar-refractivity contribution is 5.78. The van der Waals surface area contributed by atoms with Crippen LogP contribution in [0, 0.1) is 5.92 Å². The largest absolute Gasteiger partial charge is 0.480 e. The number of hydrogen-bond acceptors (Lipinski definition) is 3. The van der Waals surface area contributed by atoms with Crippen LogP contribution in [0.1, 0.15) is 26.2 Å². The second-order valence-electron chi connectivity index (χ2n) is 4.22. The van der Waals surface area contributed by atoms with Crippen LogP contribution in [0.4, 0.5) is 0 Å². The van der Waals surface area contributed by atoms with E-state index in [4.69, 9.17) is 9.84 Å². The Morgan fingerprint density at radius 3 is 2.93 bits per heavy atom. The topological polar surface area (TPSA) is 58.6 Å². The molecule has 2 unspecified atom stereocenters. The van der Waals surface area contributed by atoms with Crippen molar-refractivity contribution in [2.24, 2.45) is 5.92 Å².